The van der Waals surface area contributed by atoms with Crippen LogP contribution in [0.1, 0.15) is 18.1 Å². The summed E-state index contributed by atoms with van der Waals surface area (Å²) in [6.07, 6.45) is 0.0489. The summed E-state index contributed by atoms with van der Waals surface area (Å²) in [5.74, 6) is 0.884. The highest BCUT2D eigenvalue weighted by atomic mass is 16.5. The van der Waals surface area contributed by atoms with Gasteiger partial charge in [-0.3, -0.25) is 4.79 Å². The Morgan fingerprint density at radius 1 is 1.00 bits per heavy atom. The highest BCUT2D eigenvalue weighted by molar-refractivity contribution is 5.77. The molecule has 1 fully saturated rings. The quantitative estimate of drug-likeness (QED) is 0.852. The molecule has 1 unspecified atom stereocenters. The van der Waals surface area contributed by atoms with Crippen molar-refractivity contribution in [2.75, 3.05) is 26.3 Å². The van der Waals surface area contributed by atoms with Crippen molar-refractivity contribution in [1.29, 1.82) is 0 Å². The Hall–Kier alpha value is -2.33. The van der Waals surface area contributed by atoms with Crippen LogP contribution in [-0.4, -0.2) is 37.1 Å². The number of ether oxygens (including phenoxy) is 2. The molecular weight excluding hydrogens is 290 g/mol. The molecule has 3 rings (SSSR count). The average molecular weight is 311 g/mol. The third-order valence-electron chi connectivity index (χ3n) is 3.92. The lowest BCUT2D eigenvalue weighted by Gasteiger charge is -2.29. The molecule has 0 N–H and O–H groups in total. The second-order valence-electron chi connectivity index (χ2n) is 5.53. The number of nitrogens with zero attached hydrogens (tertiary/aromatic N) is 1. The van der Waals surface area contributed by atoms with Crippen LogP contribution >= 0.6 is 0 Å². The molecule has 1 amide bonds. The van der Waals surface area contributed by atoms with Gasteiger partial charge < -0.3 is 14.4 Å². The summed E-state index contributed by atoms with van der Waals surface area (Å²) in [7, 11) is 0. The van der Waals surface area contributed by atoms with Gasteiger partial charge in [-0.15, -0.1) is 0 Å². The molecule has 120 valence electrons. The van der Waals surface area contributed by atoms with Crippen LogP contribution < -0.4 is 4.74 Å². The summed E-state index contributed by atoms with van der Waals surface area (Å²) in [5.41, 5.74) is 1.01. The molecule has 0 bridgehead atoms. The Kier molecular flexibility index (Phi) is 5.27. The third-order valence-corrected chi connectivity index (χ3v) is 3.92. The van der Waals surface area contributed by atoms with Gasteiger partial charge in [0.25, 0.3) is 0 Å². The fourth-order valence-corrected chi connectivity index (χ4v) is 2.66. The summed E-state index contributed by atoms with van der Waals surface area (Å²) in [6.45, 7) is 2.54. The fourth-order valence-electron chi connectivity index (χ4n) is 2.66. The van der Waals surface area contributed by atoms with Crippen LogP contribution in [-0.2, 0) is 9.53 Å². The number of benzene rings is 2. The number of rotatable bonds is 5. The van der Waals surface area contributed by atoms with E-state index in [4.69, 9.17) is 9.47 Å². The van der Waals surface area contributed by atoms with E-state index in [2.05, 4.69) is 0 Å². The van der Waals surface area contributed by atoms with E-state index in [-0.39, 0.29) is 12.0 Å². The normalized spacial score (nSPS) is 15.9. The lowest BCUT2D eigenvalue weighted by atomic mass is 10.1. The van der Waals surface area contributed by atoms with E-state index in [0.717, 1.165) is 11.3 Å². The molecule has 4 nitrogen and oxygen atoms in total. The first-order chi connectivity index (χ1) is 11.3. The Labute approximate surface area is 136 Å². The molecule has 4 heteroatoms. The van der Waals surface area contributed by atoms with Crippen molar-refractivity contribution in [2.24, 2.45) is 0 Å². The molecule has 2 aromatic carbocycles. The van der Waals surface area contributed by atoms with Crippen LogP contribution in [0.2, 0.25) is 0 Å². The van der Waals surface area contributed by atoms with Gasteiger partial charge in [-0.1, -0.05) is 48.5 Å². The minimum Gasteiger partial charge on any atom is -0.485 e. The minimum absolute atomic E-state index is 0.109. The minimum atomic E-state index is -0.283. The number of hydrogen-bond donors (Lipinski definition) is 0. The van der Waals surface area contributed by atoms with E-state index in [1.54, 1.807) is 0 Å². The summed E-state index contributed by atoms with van der Waals surface area (Å²) >= 11 is 0. The van der Waals surface area contributed by atoms with Crippen LogP contribution in [0, 0.1) is 0 Å². The van der Waals surface area contributed by atoms with Crippen molar-refractivity contribution in [3.63, 3.8) is 0 Å². The van der Waals surface area contributed by atoms with Crippen molar-refractivity contribution >= 4 is 5.91 Å². The van der Waals surface area contributed by atoms with Gasteiger partial charge in [-0.25, -0.2) is 0 Å². The Morgan fingerprint density at radius 3 is 2.26 bits per heavy atom. The maximum atomic E-state index is 12.6. The fraction of sp³-hybridized carbons (Fsp3) is 0.316. The van der Waals surface area contributed by atoms with Crippen molar-refractivity contribution in [3.05, 3.63) is 66.2 Å². The predicted molar refractivity (Wildman–Crippen MR) is 88.3 cm³/mol. The van der Waals surface area contributed by atoms with Crippen LogP contribution in [0.3, 0.4) is 0 Å². The second kappa shape index (κ2) is 7.79. The number of carbonyl (C=O) groups excluding carboxylic acids is 1. The lowest BCUT2D eigenvalue weighted by Crippen LogP contribution is -2.41. The molecule has 23 heavy (non-hydrogen) atoms. The molecular formula is C19H21NO3. The first kappa shape index (κ1) is 15.6. The molecule has 1 aliphatic rings. The largest absolute Gasteiger partial charge is 0.485 e. The Morgan fingerprint density at radius 2 is 1.61 bits per heavy atom. The monoisotopic (exact) mass is 311 g/mol. The highest BCUT2D eigenvalue weighted by Crippen LogP contribution is 2.25. The van der Waals surface area contributed by atoms with Gasteiger partial charge >= 0.3 is 0 Å². The molecule has 1 atom stereocenters. The van der Waals surface area contributed by atoms with Crippen LogP contribution in [0.4, 0.5) is 0 Å². The predicted octanol–water partition coefficient (Wildman–Crippen LogP) is 3.06. The van der Waals surface area contributed by atoms with Gasteiger partial charge in [0, 0.05) is 13.1 Å². The topological polar surface area (TPSA) is 38.8 Å². The molecule has 0 spiro atoms. The zero-order valence-corrected chi connectivity index (χ0v) is 13.1. The average Bonchev–Trinajstić information content (AvgIpc) is 2.63. The van der Waals surface area contributed by atoms with E-state index < -0.39 is 0 Å². The smallest absolute Gasteiger partial charge is 0.226 e. The summed E-state index contributed by atoms with van der Waals surface area (Å²) in [5, 5.41) is 0. The molecule has 1 heterocycles. The van der Waals surface area contributed by atoms with Gasteiger partial charge in [0.1, 0.15) is 11.9 Å². The zero-order valence-electron chi connectivity index (χ0n) is 13.1. The Balaban J connectivity index is 1.73. The first-order valence-corrected chi connectivity index (χ1v) is 7.95. The van der Waals surface area contributed by atoms with E-state index in [9.17, 15) is 4.79 Å². The zero-order chi connectivity index (χ0) is 15.9. The second-order valence-corrected chi connectivity index (χ2v) is 5.53. The van der Waals surface area contributed by atoms with Crippen molar-refractivity contribution in [2.45, 2.75) is 12.5 Å². The van der Waals surface area contributed by atoms with Crippen molar-refractivity contribution in [1.82, 2.24) is 4.90 Å². The van der Waals surface area contributed by atoms with Crippen LogP contribution in [0.15, 0.2) is 60.7 Å². The van der Waals surface area contributed by atoms with Crippen LogP contribution in [0.25, 0.3) is 0 Å². The number of morpholine rings is 1. The number of amides is 1. The van der Waals surface area contributed by atoms with Crippen LogP contribution in [0.5, 0.6) is 5.75 Å². The Bertz CT molecular complexity index is 609. The summed E-state index contributed by atoms with van der Waals surface area (Å²) in [4.78, 5) is 14.4. The maximum absolute atomic E-state index is 12.6. The maximum Gasteiger partial charge on any atom is 0.226 e. The summed E-state index contributed by atoms with van der Waals surface area (Å²) < 4.78 is 11.4. The van der Waals surface area contributed by atoms with Gasteiger partial charge in [0.2, 0.25) is 5.91 Å². The molecule has 1 aliphatic heterocycles. The number of carbonyl (C=O) groups is 1. The van der Waals surface area contributed by atoms with E-state index >= 15 is 0 Å². The van der Waals surface area contributed by atoms with Gasteiger partial charge in [-0.2, -0.15) is 0 Å². The molecule has 2 aromatic rings. The molecule has 0 saturated carbocycles. The van der Waals surface area contributed by atoms with Crippen molar-refractivity contribution in [3.8, 4) is 5.75 Å². The highest BCUT2D eigenvalue weighted by Gasteiger charge is 2.23. The van der Waals surface area contributed by atoms with E-state index in [0.29, 0.717) is 32.7 Å². The molecule has 0 aromatic heterocycles. The van der Waals surface area contributed by atoms with Gasteiger partial charge in [0.15, 0.2) is 0 Å². The van der Waals surface area contributed by atoms with Gasteiger partial charge in [-0.05, 0) is 17.7 Å². The molecule has 1 saturated heterocycles. The SMILES string of the molecule is O=C(CC(Oc1ccccc1)c1ccccc1)N1CCOCC1. The lowest BCUT2D eigenvalue weighted by molar-refractivity contribution is -0.137. The molecule has 0 radical (unpaired) electrons. The number of para-hydroxylation sites is 1. The van der Waals surface area contributed by atoms with Crippen molar-refractivity contribution < 1.29 is 14.3 Å². The summed E-state index contributed by atoms with van der Waals surface area (Å²) in [6, 6.07) is 19.5. The third kappa shape index (κ3) is 4.33. The molecule has 0 aliphatic carbocycles. The first-order valence-electron chi connectivity index (χ1n) is 7.95. The van der Waals surface area contributed by atoms with E-state index in [1.165, 1.54) is 0 Å². The van der Waals surface area contributed by atoms with E-state index in [1.807, 2.05) is 65.6 Å². The van der Waals surface area contributed by atoms with Gasteiger partial charge in [0.05, 0.1) is 19.6 Å². The standard InChI is InChI=1S/C19H21NO3/c21-19(20-11-13-22-14-12-20)15-18(16-7-3-1-4-8-16)23-17-9-5-2-6-10-17/h1-10,18H,11-15H2. The number of hydrogen-bond acceptors (Lipinski definition) is 3.